The SMILES string of the molecule is N#Cc1cc2cc[nH]c2c(F)c1Cl. The van der Waals surface area contributed by atoms with Crippen LogP contribution in [0.3, 0.4) is 0 Å². The zero-order valence-electron chi connectivity index (χ0n) is 6.44. The number of nitrogens with one attached hydrogen (secondary N) is 1. The minimum absolute atomic E-state index is 0.127. The summed E-state index contributed by atoms with van der Waals surface area (Å²) in [5.41, 5.74) is 0.496. The number of H-pyrrole nitrogens is 1. The van der Waals surface area contributed by atoms with Crippen molar-refractivity contribution in [2.75, 3.05) is 0 Å². The van der Waals surface area contributed by atoms with E-state index in [2.05, 4.69) is 4.98 Å². The van der Waals surface area contributed by atoms with Gasteiger partial charge in [0.25, 0.3) is 0 Å². The molecule has 2 nitrogen and oxygen atoms in total. The highest BCUT2D eigenvalue weighted by Crippen LogP contribution is 2.26. The lowest BCUT2D eigenvalue weighted by Gasteiger charge is -1.98. The largest absolute Gasteiger partial charge is 0.359 e. The van der Waals surface area contributed by atoms with Gasteiger partial charge in [-0.05, 0) is 12.1 Å². The number of aromatic amines is 1. The lowest BCUT2D eigenvalue weighted by atomic mass is 10.1. The monoisotopic (exact) mass is 194 g/mol. The molecule has 0 unspecified atom stereocenters. The molecule has 64 valence electrons. The van der Waals surface area contributed by atoms with E-state index in [4.69, 9.17) is 16.9 Å². The van der Waals surface area contributed by atoms with Crippen molar-refractivity contribution in [3.8, 4) is 6.07 Å². The molecule has 2 rings (SSSR count). The average molecular weight is 195 g/mol. The van der Waals surface area contributed by atoms with Gasteiger partial charge in [-0.1, -0.05) is 11.6 Å². The molecule has 0 bridgehead atoms. The van der Waals surface area contributed by atoms with E-state index in [-0.39, 0.29) is 10.6 Å². The van der Waals surface area contributed by atoms with E-state index in [9.17, 15) is 4.39 Å². The van der Waals surface area contributed by atoms with Crippen molar-refractivity contribution in [1.82, 2.24) is 4.98 Å². The van der Waals surface area contributed by atoms with E-state index >= 15 is 0 Å². The minimum Gasteiger partial charge on any atom is -0.359 e. The van der Waals surface area contributed by atoms with Crippen LogP contribution in [-0.4, -0.2) is 4.98 Å². The highest BCUT2D eigenvalue weighted by molar-refractivity contribution is 6.32. The maximum absolute atomic E-state index is 13.4. The van der Waals surface area contributed by atoms with E-state index in [1.54, 1.807) is 18.3 Å². The van der Waals surface area contributed by atoms with Gasteiger partial charge in [0.15, 0.2) is 5.82 Å². The lowest BCUT2D eigenvalue weighted by Crippen LogP contribution is -1.85. The third kappa shape index (κ3) is 1.07. The summed E-state index contributed by atoms with van der Waals surface area (Å²) < 4.78 is 13.4. The summed E-state index contributed by atoms with van der Waals surface area (Å²) in [7, 11) is 0. The summed E-state index contributed by atoms with van der Waals surface area (Å²) >= 11 is 5.61. The van der Waals surface area contributed by atoms with Gasteiger partial charge >= 0.3 is 0 Å². The Morgan fingerprint density at radius 2 is 2.31 bits per heavy atom. The Morgan fingerprint density at radius 1 is 1.54 bits per heavy atom. The van der Waals surface area contributed by atoms with Crippen LogP contribution in [0.1, 0.15) is 5.56 Å². The Bertz CT molecular complexity index is 510. The molecule has 0 aliphatic rings. The summed E-state index contributed by atoms with van der Waals surface area (Å²) in [4.78, 5) is 2.71. The van der Waals surface area contributed by atoms with Crippen LogP contribution in [0.2, 0.25) is 5.02 Å². The van der Waals surface area contributed by atoms with Crippen molar-refractivity contribution in [2.24, 2.45) is 0 Å². The van der Waals surface area contributed by atoms with Gasteiger partial charge in [0, 0.05) is 11.6 Å². The number of nitrogens with zero attached hydrogens (tertiary/aromatic N) is 1. The Kier molecular flexibility index (Phi) is 1.71. The first kappa shape index (κ1) is 8.09. The van der Waals surface area contributed by atoms with E-state index in [0.29, 0.717) is 10.9 Å². The second-order valence-corrected chi connectivity index (χ2v) is 2.98. The molecule has 1 heterocycles. The van der Waals surface area contributed by atoms with Gasteiger partial charge in [-0.15, -0.1) is 0 Å². The molecular formula is C9H4ClFN2. The molecule has 13 heavy (non-hydrogen) atoms. The number of hydrogen-bond donors (Lipinski definition) is 1. The first-order chi connectivity index (χ1) is 6.24. The zero-order chi connectivity index (χ0) is 9.42. The second kappa shape index (κ2) is 2.75. The molecule has 1 aromatic heterocycles. The molecule has 0 aliphatic heterocycles. The zero-order valence-corrected chi connectivity index (χ0v) is 7.19. The highest BCUT2D eigenvalue weighted by Gasteiger charge is 2.11. The van der Waals surface area contributed by atoms with E-state index in [1.165, 1.54) is 0 Å². The summed E-state index contributed by atoms with van der Waals surface area (Å²) in [6.45, 7) is 0. The van der Waals surface area contributed by atoms with Crippen LogP contribution in [-0.2, 0) is 0 Å². The summed E-state index contributed by atoms with van der Waals surface area (Å²) in [6.07, 6.45) is 1.60. The van der Waals surface area contributed by atoms with Gasteiger partial charge in [0.05, 0.1) is 16.1 Å². The fourth-order valence-corrected chi connectivity index (χ4v) is 1.41. The van der Waals surface area contributed by atoms with Crippen LogP contribution in [0.4, 0.5) is 4.39 Å². The predicted octanol–water partition coefficient (Wildman–Crippen LogP) is 2.83. The Hall–Kier alpha value is -1.53. The van der Waals surface area contributed by atoms with E-state index < -0.39 is 5.82 Å². The molecule has 1 N–H and O–H groups in total. The lowest BCUT2D eigenvalue weighted by molar-refractivity contribution is 0.637. The fraction of sp³-hybridized carbons (Fsp3) is 0. The van der Waals surface area contributed by atoms with Crippen LogP contribution >= 0.6 is 11.6 Å². The van der Waals surface area contributed by atoms with Crippen LogP contribution in [0.15, 0.2) is 18.3 Å². The first-order valence-corrected chi connectivity index (χ1v) is 3.97. The van der Waals surface area contributed by atoms with Gasteiger partial charge in [-0.25, -0.2) is 4.39 Å². The van der Waals surface area contributed by atoms with E-state index in [0.717, 1.165) is 0 Å². The Balaban J connectivity index is 2.94. The fourth-order valence-electron chi connectivity index (χ4n) is 1.22. The molecule has 0 fully saturated rings. The van der Waals surface area contributed by atoms with Crippen LogP contribution in [0.5, 0.6) is 0 Å². The maximum Gasteiger partial charge on any atom is 0.167 e. The number of fused-ring (bicyclic) bond motifs is 1. The van der Waals surface area contributed by atoms with Gasteiger partial charge in [0.2, 0.25) is 0 Å². The standard InChI is InChI=1S/C9H4ClFN2/c10-7-6(4-12)3-5-1-2-13-9(5)8(7)11/h1-3,13H. The number of nitriles is 1. The molecule has 0 amide bonds. The van der Waals surface area contributed by atoms with Gasteiger partial charge in [-0.2, -0.15) is 5.26 Å². The topological polar surface area (TPSA) is 39.6 Å². The number of halogens is 2. The van der Waals surface area contributed by atoms with Crippen molar-refractivity contribution in [2.45, 2.75) is 0 Å². The predicted molar refractivity (Wildman–Crippen MR) is 48.0 cm³/mol. The average Bonchev–Trinajstić information content (AvgIpc) is 2.59. The molecule has 0 saturated carbocycles. The summed E-state index contributed by atoms with van der Waals surface area (Å²) in [5.74, 6) is -0.569. The van der Waals surface area contributed by atoms with Gasteiger partial charge in [-0.3, -0.25) is 0 Å². The van der Waals surface area contributed by atoms with Crippen LogP contribution in [0.25, 0.3) is 10.9 Å². The maximum atomic E-state index is 13.4. The smallest absolute Gasteiger partial charge is 0.167 e. The number of rotatable bonds is 0. The Labute approximate surface area is 78.5 Å². The molecular weight excluding hydrogens is 191 g/mol. The molecule has 0 spiro atoms. The summed E-state index contributed by atoms with van der Waals surface area (Å²) in [5, 5.41) is 9.15. The van der Waals surface area contributed by atoms with Crippen molar-refractivity contribution in [3.63, 3.8) is 0 Å². The van der Waals surface area contributed by atoms with Crippen LogP contribution in [0, 0.1) is 17.1 Å². The third-order valence-corrected chi connectivity index (χ3v) is 2.22. The van der Waals surface area contributed by atoms with Crippen molar-refractivity contribution < 1.29 is 4.39 Å². The van der Waals surface area contributed by atoms with E-state index in [1.807, 2.05) is 6.07 Å². The molecule has 0 radical (unpaired) electrons. The summed E-state index contributed by atoms with van der Waals surface area (Å²) in [6, 6.07) is 5.08. The van der Waals surface area contributed by atoms with Crippen molar-refractivity contribution in [1.29, 1.82) is 5.26 Å². The normalized spacial score (nSPS) is 10.2. The molecule has 0 atom stereocenters. The highest BCUT2D eigenvalue weighted by atomic mass is 35.5. The number of aromatic nitrogens is 1. The van der Waals surface area contributed by atoms with Gasteiger partial charge < -0.3 is 4.98 Å². The number of hydrogen-bond acceptors (Lipinski definition) is 1. The molecule has 2 aromatic rings. The minimum atomic E-state index is -0.569. The molecule has 0 saturated heterocycles. The third-order valence-electron chi connectivity index (χ3n) is 1.85. The molecule has 4 heteroatoms. The second-order valence-electron chi connectivity index (χ2n) is 2.61. The first-order valence-electron chi connectivity index (χ1n) is 3.59. The molecule has 0 aliphatic carbocycles. The quantitative estimate of drug-likeness (QED) is 0.688. The van der Waals surface area contributed by atoms with Crippen molar-refractivity contribution in [3.05, 3.63) is 34.7 Å². The molecule has 1 aromatic carbocycles. The van der Waals surface area contributed by atoms with Crippen molar-refractivity contribution >= 4 is 22.5 Å². The Morgan fingerprint density at radius 3 is 3.00 bits per heavy atom. The number of benzene rings is 1. The van der Waals surface area contributed by atoms with Gasteiger partial charge in [0.1, 0.15) is 6.07 Å². The van der Waals surface area contributed by atoms with Crippen LogP contribution < -0.4 is 0 Å².